The van der Waals surface area contributed by atoms with Crippen LogP contribution < -0.4 is 10.1 Å². The second-order valence-corrected chi connectivity index (χ2v) is 4.76. The fraction of sp³-hybridized carbons (Fsp3) is 0.294. The Morgan fingerprint density at radius 2 is 1.95 bits per heavy atom. The molecule has 116 valence electrons. The van der Waals surface area contributed by atoms with E-state index in [0.29, 0.717) is 18.0 Å². The van der Waals surface area contributed by atoms with Crippen molar-refractivity contribution in [3.8, 4) is 5.75 Å². The van der Waals surface area contributed by atoms with E-state index in [0.717, 1.165) is 11.3 Å². The first-order valence-corrected chi connectivity index (χ1v) is 7.18. The molecule has 0 aromatic heterocycles. The molecule has 1 N–H and O–H groups in total. The Bertz CT molecular complexity index is 616. The highest BCUT2D eigenvalue weighted by molar-refractivity contribution is 6.14. The van der Waals surface area contributed by atoms with Crippen LogP contribution in [-0.2, 0) is 14.3 Å². The van der Waals surface area contributed by atoms with Crippen molar-refractivity contribution >= 4 is 17.8 Å². The Morgan fingerprint density at radius 3 is 2.55 bits per heavy atom. The van der Waals surface area contributed by atoms with E-state index in [1.807, 2.05) is 31.2 Å². The SMILES string of the molecule is C=C1NC(=Cc2ccc(OCC)cc2)C(=O)C1C(=O)OCC. The summed E-state index contributed by atoms with van der Waals surface area (Å²) in [6, 6.07) is 7.33. The summed E-state index contributed by atoms with van der Waals surface area (Å²) in [5.74, 6) is -1.09. The lowest BCUT2D eigenvalue weighted by molar-refractivity contribution is -0.148. The number of allylic oxidation sites excluding steroid dienone is 1. The molecule has 22 heavy (non-hydrogen) atoms. The zero-order chi connectivity index (χ0) is 16.1. The topological polar surface area (TPSA) is 64.6 Å². The summed E-state index contributed by atoms with van der Waals surface area (Å²) in [5.41, 5.74) is 1.52. The van der Waals surface area contributed by atoms with Gasteiger partial charge in [0.2, 0.25) is 0 Å². The van der Waals surface area contributed by atoms with Crippen LogP contribution in [0.5, 0.6) is 5.75 Å². The van der Waals surface area contributed by atoms with Crippen LogP contribution in [0, 0.1) is 5.92 Å². The molecule has 1 aromatic rings. The average Bonchev–Trinajstić information content (AvgIpc) is 2.76. The van der Waals surface area contributed by atoms with E-state index < -0.39 is 11.9 Å². The van der Waals surface area contributed by atoms with Crippen LogP contribution in [0.1, 0.15) is 19.4 Å². The normalized spacial score (nSPS) is 19.2. The molecule has 1 saturated heterocycles. The van der Waals surface area contributed by atoms with Crippen LogP contribution in [0.15, 0.2) is 42.2 Å². The fourth-order valence-electron chi connectivity index (χ4n) is 2.20. The lowest BCUT2D eigenvalue weighted by atomic mass is 10.0. The molecule has 0 radical (unpaired) electrons. The first-order valence-electron chi connectivity index (χ1n) is 7.18. The molecule has 1 aliphatic rings. The first-order chi connectivity index (χ1) is 10.6. The molecule has 1 atom stereocenters. The Balaban J connectivity index is 2.17. The lowest BCUT2D eigenvalue weighted by Crippen LogP contribution is -2.23. The number of carbonyl (C=O) groups is 2. The van der Waals surface area contributed by atoms with Crippen LogP contribution in [0.4, 0.5) is 0 Å². The zero-order valence-electron chi connectivity index (χ0n) is 12.7. The van der Waals surface area contributed by atoms with Crippen LogP contribution in [0.25, 0.3) is 6.08 Å². The summed E-state index contributed by atoms with van der Waals surface area (Å²) in [5, 5.41) is 2.87. The second kappa shape index (κ2) is 6.93. The molecule has 1 aliphatic heterocycles. The van der Waals surface area contributed by atoms with E-state index in [2.05, 4.69) is 11.9 Å². The average molecular weight is 301 g/mol. The summed E-state index contributed by atoms with van der Waals surface area (Å²) in [7, 11) is 0. The Morgan fingerprint density at radius 1 is 1.27 bits per heavy atom. The van der Waals surface area contributed by atoms with Gasteiger partial charge in [0, 0.05) is 5.70 Å². The number of nitrogens with one attached hydrogen (secondary N) is 1. The molecule has 5 heteroatoms. The molecule has 1 heterocycles. The van der Waals surface area contributed by atoms with E-state index in [1.54, 1.807) is 13.0 Å². The molecule has 5 nitrogen and oxygen atoms in total. The first kappa shape index (κ1) is 15.8. The molecule has 0 spiro atoms. The minimum atomic E-state index is -0.964. The summed E-state index contributed by atoms with van der Waals surface area (Å²) >= 11 is 0. The van der Waals surface area contributed by atoms with Gasteiger partial charge in [-0.15, -0.1) is 0 Å². The number of benzene rings is 1. The van der Waals surface area contributed by atoms with E-state index in [4.69, 9.17) is 9.47 Å². The van der Waals surface area contributed by atoms with Crippen molar-refractivity contribution in [3.05, 3.63) is 47.8 Å². The maximum atomic E-state index is 12.3. The highest BCUT2D eigenvalue weighted by Gasteiger charge is 2.39. The van der Waals surface area contributed by atoms with Gasteiger partial charge >= 0.3 is 5.97 Å². The Kier molecular flexibility index (Phi) is 4.99. The summed E-state index contributed by atoms with van der Waals surface area (Å²) < 4.78 is 10.3. The maximum Gasteiger partial charge on any atom is 0.322 e. The molecule has 0 amide bonds. The van der Waals surface area contributed by atoms with Crippen LogP contribution in [0.2, 0.25) is 0 Å². The quantitative estimate of drug-likeness (QED) is 0.513. The number of hydrogen-bond donors (Lipinski definition) is 1. The van der Waals surface area contributed by atoms with Gasteiger partial charge in [-0.1, -0.05) is 18.7 Å². The van der Waals surface area contributed by atoms with Gasteiger partial charge in [0.15, 0.2) is 11.7 Å². The predicted molar refractivity (Wildman–Crippen MR) is 83.0 cm³/mol. The van der Waals surface area contributed by atoms with Crippen molar-refractivity contribution in [2.75, 3.05) is 13.2 Å². The summed E-state index contributed by atoms with van der Waals surface area (Å²) in [6.45, 7) is 8.17. The molecule has 0 bridgehead atoms. The number of carbonyl (C=O) groups excluding carboxylic acids is 2. The third kappa shape index (κ3) is 3.36. The second-order valence-electron chi connectivity index (χ2n) is 4.76. The van der Waals surface area contributed by atoms with E-state index in [9.17, 15) is 9.59 Å². The number of ether oxygens (including phenoxy) is 2. The molecule has 2 rings (SSSR count). The molecular formula is C17H19NO4. The molecule has 1 unspecified atom stereocenters. The predicted octanol–water partition coefficient (Wildman–Crippen LogP) is 2.29. The number of Topliss-reactive ketones (excluding diaryl/α,β-unsaturated/α-hetero) is 1. The van der Waals surface area contributed by atoms with Crippen molar-refractivity contribution in [1.29, 1.82) is 0 Å². The molecule has 1 fully saturated rings. The minimum absolute atomic E-state index is 0.230. The fourth-order valence-corrected chi connectivity index (χ4v) is 2.20. The smallest absolute Gasteiger partial charge is 0.322 e. The monoisotopic (exact) mass is 301 g/mol. The zero-order valence-corrected chi connectivity index (χ0v) is 12.7. The largest absolute Gasteiger partial charge is 0.494 e. The Labute approximate surface area is 129 Å². The molecule has 0 saturated carbocycles. The number of ketones is 1. The van der Waals surface area contributed by atoms with Gasteiger partial charge in [0.25, 0.3) is 0 Å². The highest BCUT2D eigenvalue weighted by atomic mass is 16.5. The van der Waals surface area contributed by atoms with Gasteiger partial charge in [-0.25, -0.2) is 0 Å². The third-order valence-corrected chi connectivity index (χ3v) is 3.20. The van der Waals surface area contributed by atoms with Gasteiger partial charge < -0.3 is 14.8 Å². The van der Waals surface area contributed by atoms with Crippen molar-refractivity contribution in [1.82, 2.24) is 5.32 Å². The molecule has 1 aromatic carbocycles. The van der Waals surface area contributed by atoms with Crippen LogP contribution in [0.3, 0.4) is 0 Å². The van der Waals surface area contributed by atoms with E-state index >= 15 is 0 Å². The maximum absolute atomic E-state index is 12.3. The third-order valence-electron chi connectivity index (χ3n) is 3.20. The number of hydrogen-bond acceptors (Lipinski definition) is 5. The molecule has 0 aliphatic carbocycles. The van der Waals surface area contributed by atoms with Gasteiger partial charge in [0.05, 0.1) is 18.9 Å². The van der Waals surface area contributed by atoms with Gasteiger partial charge in [-0.3, -0.25) is 9.59 Å². The lowest BCUT2D eigenvalue weighted by Gasteiger charge is -2.06. The van der Waals surface area contributed by atoms with Crippen molar-refractivity contribution in [2.24, 2.45) is 5.92 Å². The summed E-state index contributed by atoms with van der Waals surface area (Å²) in [6.07, 6.45) is 1.68. The van der Waals surface area contributed by atoms with Crippen molar-refractivity contribution in [3.63, 3.8) is 0 Å². The van der Waals surface area contributed by atoms with Gasteiger partial charge in [-0.05, 0) is 37.6 Å². The van der Waals surface area contributed by atoms with Gasteiger partial charge in [0.1, 0.15) is 5.75 Å². The van der Waals surface area contributed by atoms with Crippen molar-refractivity contribution < 1.29 is 19.1 Å². The van der Waals surface area contributed by atoms with E-state index in [-0.39, 0.29) is 12.4 Å². The highest BCUT2D eigenvalue weighted by Crippen LogP contribution is 2.25. The number of esters is 1. The molecular weight excluding hydrogens is 282 g/mol. The van der Waals surface area contributed by atoms with Crippen LogP contribution in [-0.4, -0.2) is 25.0 Å². The standard InChI is InChI=1S/C17H19NO4/c1-4-21-13-8-6-12(7-9-13)10-14-16(19)15(11(3)18-14)17(20)22-5-2/h6-10,15,18H,3-5H2,1-2H3. The Hall–Kier alpha value is -2.56. The number of rotatable bonds is 5. The van der Waals surface area contributed by atoms with Crippen molar-refractivity contribution in [2.45, 2.75) is 13.8 Å². The minimum Gasteiger partial charge on any atom is -0.494 e. The summed E-state index contributed by atoms with van der Waals surface area (Å²) in [4.78, 5) is 24.1. The van der Waals surface area contributed by atoms with Gasteiger partial charge in [-0.2, -0.15) is 0 Å². The van der Waals surface area contributed by atoms with E-state index in [1.165, 1.54) is 0 Å². The van der Waals surface area contributed by atoms with Crippen LogP contribution >= 0.6 is 0 Å².